The number of non-ortho nitro benzene ring substituents is 1. The molecule has 0 bridgehead atoms. The van der Waals surface area contributed by atoms with Crippen molar-refractivity contribution >= 4 is 46.0 Å². The Bertz CT molecular complexity index is 1540. The fourth-order valence-electron chi connectivity index (χ4n) is 5.69. The number of thiocarbonyl (C=S) groups is 1. The molecule has 2 aromatic heterocycles. The zero-order valence-electron chi connectivity index (χ0n) is 22.0. The zero-order valence-corrected chi connectivity index (χ0v) is 23.6. The van der Waals surface area contributed by atoms with Crippen molar-refractivity contribution in [3.8, 4) is 5.69 Å². The van der Waals surface area contributed by atoms with Gasteiger partial charge < -0.3 is 19.7 Å². The van der Waals surface area contributed by atoms with E-state index in [1.165, 1.54) is 12.1 Å². The van der Waals surface area contributed by atoms with Gasteiger partial charge in [-0.1, -0.05) is 24.6 Å². The lowest BCUT2D eigenvalue weighted by atomic mass is 9.98. The number of halogens is 1. The van der Waals surface area contributed by atoms with E-state index in [-0.39, 0.29) is 17.8 Å². The summed E-state index contributed by atoms with van der Waals surface area (Å²) >= 11 is 12.8. The van der Waals surface area contributed by atoms with Gasteiger partial charge in [0.25, 0.3) is 5.69 Å². The van der Waals surface area contributed by atoms with E-state index in [0.29, 0.717) is 10.1 Å². The van der Waals surface area contributed by atoms with Crippen LogP contribution in [0.5, 0.6) is 0 Å². The molecule has 10 heteroatoms. The van der Waals surface area contributed by atoms with E-state index >= 15 is 0 Å². The summed E-state index contributed by atoms with van der Waals surface area (Å²) in [5.74, 6) is 0.735. The Labute approximate surface area is 243 Å². The number of hydrogen-bond acceptors (Lipinski definition) is 5. The lowest BCUT2D eigenvalue weighted by Crippen LogP contribution is -2.33. The highest BCUT2D eigenvalue weighted by molar-refractivity contribution is 7.80. The number of nitrogens with zero attached hydrogens (tertiary/aromatic N) is 5. The largest absolute Gasteiger partial charge is 0.370 e. The number of rotatable bonds is 6. The van der Waals surface area contributed by atoms with Crippen molar-refractivity contribution in [2.75, 3.05) is 22.9 Å². The number of nitro benzene ring substituents is 1. The minimum Gasteiger partial charge on any atom is -0.370 e. The Morgan fingerprint density at radius 3 is 2.45 bits per heavy atom. The van der Waals surface area contributed by atoms with Gasteiger partial charge in [0.2, 0.25) is 0 Å². The summed E-state index contributed by atoms with van der Waals surface area (Å²) < 4.78 is 2.04. The predicted octanol–water partition coefficient (Wildman–Crippen LogP) is 6.85. The molecule has 0 saturated carbocycles. The quantitative estimate of drug-likeness (QED) is 0.154. The van der Waals surface area contributed by atoms with Crippen LogP contribution in [0.4, 0.5) is 17.1 Å². The molecule has 0 aliphatic carbocycles. The van der Waals surface area contributed by atoms with Gasteiger partial charge >= 0.3 is 0 Å². The maximum absolute atomic E-state index is 11.2. The van der Waals surface area contributed by atoms with Gasteiger partial charge in [-0.15, -0.1) is 0 Å². The highest BCUT2D eigenvalue weighted by Crippen LogP contribution is 2.44. The predicted molar refractivity (Wildman–Crippen MR) is 162 cm³/mol. The summed E-state index contributed by atoms with van der Waals surface area (Å²) in [6.45, 7) is 4.29. The van der Waals surface area contributed by atoms with Crippen molar-refractivity contribution in [3.63, 3.8) is 0 Å². The number of aromatic nitrogens is 2. The topological polar surface area (TPSA) is 79.5 Å². The van der Waals surface area contributed by atoms with Crippen molar-refractivity contribution in [1.29, 1.82) is 0 Å². The van der Waals surface area contributed by atoms with E-state index in [1.807, 2.05) is 41.1 Å². The second kappa shape index (κ2) is 10.9. The average Bonchev–Trinajstić information content (AvgIpc) is 3.58. The fraction of sp³-hybridized carbons (Fsp3) is 0.267. The van der Waals surface area contributed by atoms with Crippen LogP contribution in [0, 0.1) is 16.0 Å². The number of pyridine rings is 1. The third-order valence-electron chi connectivity index (χ3n) is 7.85. The Kier molecular flexibility index (Phi) is 7.16. The maximum atomic E-state index is 11.2. The van der Waals surface area contributed by atoms with Crippen molar-refractivity contribution < 1.29 is 4.92 Å². The molecule has 0 radical (unpaired) electrons. The lowest BCUT2D eigenvalue weighted by Gasteiger charge is -2.33. The van der Waals surface area contributed by atoms with Crippen LogP contribution in [0.25, 0.3) is 5.69 Å². The summed E-state index contributed by atoms with van der Waals surface area (Å²) in [7, 11) is 0. The number of benzene rings is 2. The molecule has 6 rings (SSSR count). The molecule has 0 spiro atoms. The molecule has 40 heavy (non-hydrogen) atoms. The smallest absolute Gasteiger partial charge is 0.269 e. The van der Waals surface area contributed by atoms with E-state index in [1.54, 1.807) is 18.3 Å². The summed E-state index contributed by atoms with van der Waals surface area (Å²) in [5, 5.41) is 16.0. The molecule has 4 aromatic rings. The summed E-state index contributed by atoms with van der Waals surface area (Å²) in [6.07, 6.45) is 6.05. The van der Waals surface area contributed by atoms with Gasteiger partial charge in [0.1, 0.15) is 6.04 Å². The SMILES string of the molecule is CC1CCN(c2ccc(N3C(=S)N[C@H](c4ccccn4)[C@@H]3c3cccn3-c3ccc([N+](=O)[O-])cc3)cc2Cl)CC1. The molecule has 4 heterocycles. The molecule has 0 unspecified atom stereocenters. The second-order valence-corrected chi connectivity index (χ2v) is 11.2. The zero-order chi connectivity index (χ0) is 27.8. The third-order valence-corrected chi connectivity index (χ3v) is 8.47. The van der Waals surface area contributed by atoms with Gasteiger partial charge in [0, 0.05) is 54.7 Å². The van der Waals surface area contributed by atoms with E-state index in [9.17, 15) is 10.1 Å². The van der Waals surface area contributed by atoms with E-state index < -0.39 is 4.92 Å². The third kappa shape index (κ3) is 4.91. The molecule has 0 amide bonds. The van der Waals surface area contributed by atoms with Crippen LogP contribution in [0.15, 0.2) is 85.2 Å². The number of nitro groups is 1. The van der Waals surface area contributed by atoms with Crippen molar-refractivity contribution in [2.24, 2.45) is 5.92 Å². The van der Waals surface area contributed by atoms with Gasteiger partial charge in [-0.25, -0.2) is 0 Å². The van der Waals surface area contributed by atoms with Crippen molar-refractivity contribution in [2.45, 2.75) is 31.8 Å². The Balaban J connectivity index is 1.41. The first kappa shape index (κ1) is 26.3. The first-order valence-corrected chi connectivity index (χ1v) is 14.2. The Morgan fingerprint density at radius 2 is 1.77 bits per heavy atom. The van der Waals surface area contributed by atoms with Gasteiger partial charge in [-0.2, -0.15) is 0 Å². The van der Waals surface area contributed by atoms with Crippen molar-refractivity contribution in [1.82, 2.24) is 14.9 Å². The van der Waals surface area contributed by atoms with Gasteiger partial charge in [0.15, 0.2) is 5.11 Å². The van der Waals surface area contributed by atoms with Crippen LogP contribution < -0.4 is 15.1 Å². The lowest BCUT2D eigenvalue weighted by molar-refractivity contribution is -0.384. The van der Waals surface area contributed by atoms with Crippen molar-refractivity contribution in [3.05, 3.63) is 112 Å². The fourth-order valence-corrected chi connectivity index (χ4v) is 6.33. The van der Waals surface area contributed by atoms with Crippen LogP contribution in [-0.4, -0.2) is 32.7 Å². The first-order valence-electron chi connectivity index (χ1n) is 13.4. The molecule has 1 N–H and O–H groups in total. The summed E-state index contributed by atoms with van der Waals surface area (Å²) in [4.78, 5) is 19.9. The number of piperidine rings is 1. The molecule has 8 nitrogen and oxygen atoms in total. The number of nitrogens with one attached hydrogen (secondary N) is 1. The molecule has 2 fully saturated rings. The van der Waals surface area contributed by atoms with Gasteiger partial charge in [-0.3, -0.25) is 15.1 Å². The van der Waals surface area contributed by atoms with Crippen LogP contribution in [0.1, 0.15) is 43.2 Å². The molecule has 2 aliphatic heterocycles. The average molecular weight is 573 g/mol. The molecule has 204 valence electrons. The second-order valence-electron chi connectivity index (χ2n) is 10.4. The van der Waals surface area contributed by atoms with E-state index in [4.69, 9.17) is 23.8 Å². The minimum absolute atomic E-state index is 0.0482. The van der Waals surface area contributed by atoms with Crippen LogP contribution in [0.3, 0.4) is 0 Å². The normalized spacial score (nSPS) is 19.6. The molecule has 2 atom stereocenters. The molecule has 2 aliphatic rings. The molecule has 2 saturated heterocycles. The monoisotopic (exact) mass is 572 g/mol. The van der Waals surface area contributed by atoms with E-state index in [0.717, 1.165) is 60.3 Å². The highest BCUT2D eigenvalue weighted by atomic mass is 35.5. The molecule has 2 aromatic carbocycles. The number of anilines is 2. The summed E-state index contributed by atoms with van der Waals surface area (Å²) in [5.41, 5.74) is 4.61. The molecular weight excluding hydrogens is 544 g/mol. The Hall–Kier alpha value is -3.95. The highest BCUT2D eigenvalue weighted by Gasteiger charge is 2.42. The molecular formula is C30H29ClN6O2S. The first-order chi connectivity index (χ1) is 19.4. The van der Waals surface area contributed by atoms with Crippen LogP contribution in [0.2, 0.25) is 5.02 Å². The maximum Gasteiger partial charge on any atom is 0.269 e. The minimum atomic E-state index is -0.392. The van der Waals surface area contributed by atoms with Crippen LogP contribution >= 0.6 is 23.8 Å². The van der Waals surface area contributed by atoms with Gasteiger partial charge in [-0.05, 0) is 85.6 Å². The number of hydrogen-bond donors (Lipinski definition) is 1. The van der Waals surface area contributed by atoms with Crippen LogP contribution in [-0.2, 0) is 0 Å². The standard InChI is InChI=1S/C30H29ClN6O2S/c1-20-13-17-34(18-14-20)26-12-11-23(19-24(26)31)36-29(28(33-30(36)40)25-5-2-3-15-32-25)27-6-4-16-35(27)21-7-9-22(10-8-21)37(38)39/h2-12,15-16,19-20,28-29H,13-14,17-18H2,1H3,(H,33,40)/t28-,29+/m1/s1. The Morgan fingerprint density at radius 1 is 1.02 bits per heavy atom. The van der Waals surface area contributed by atoms with E-state index in [2.05, 4.69) is 45.2 Å². The summed E-state index contributed by atoms with van der Waals surface area (Å²) in [6, 6.07) is 22.1. The van der Waals surface area contributed by atoms with Gasteiger partial charge in [0.05, 0.1) is 27.4 Å².